The fraction of sp³-hybridized carbons (Fsp3) is 0.900. The van der Waals surface area contributed by atoms with Crippen LogP contribution in [0.4, 0.5) is 22.0 Å². The quantitative estimate of drug-likeness (QED) is 0.739. The Morgan fingerprint density at radius 1 is 1.24 bits per heavy atom. The summed E-state index contributed by atoms with van der Waals surface area (Å²) in [4.78, 5) is 9.37. The van der Waals surface area contributed by atoms with Crippen molar-refractivity contribution in [1.82, 2.24) is 0 Å². The second-order valence-electron chi connectivity index (χ2n) is 3.35. The van der Waals surface area contributed by atoms with Crippen LogP contribution in [-0.2, 0) is 4.79 Å². The number of carboxylic acid groups (broad SMARTS) is 1. The highest BCUT2D eigenvalue weighted by atomic mass is 19.3. The Bertz CT molecular complexity index is 209. The number of unbranched alkanes of at least 4 members (excludes halogenated alkanes) is 1. The van der Waals surface area contributed by atoms with E-state index in [1.54, 1.807) is 13.8 Å². The van der Waals surface area contributed by atoms with Crippen molar-refractivity contribution in [2.75, 3.05) is 0 Å². The Labute approximate surface area is 96.8 Å². The Morgan fingerprint density at radius 3 is 1.88 bits per heavy atom. The summed E-state index contributed by atoms with van der Waals surface area (Å²) >= 11 is 0. The van der Waals surface area contributed by atoms with Crippen LogP contribution in [0.5, 0.6) is 0 Å². The molecule has 0 aromatic heterocycles. The third kappa shape index (κ3) is 10.0. The summed E-state index contributed by atoms with van der Waals surface area (Å²) in [6.07, 6.45) is -7.03. The molecule has 0 rings (SSSR count). The van der Waals surface area contributed by atoms with Gasteiger partial charge in [-0.25, -0.2) is 22.0 Å². The molecule has 0 radical (unpaired) electrons. The van der Waals surface area contributed by atoms with E-state index in [4.69, 9.17) is 5.11 Å². The Balaban J connectivity index is 0. The zero-order valence-corrected chi connectivity index (χ0v) is 9.73. The van der Waals surface area contributed by atoms with Crippen LogP contribution in [0, 0.1) is 0 Å². The maximum absolute atomic E-state index is 12.4. The molecular formula is C10H17F5O2. The molecule has 0 bridgehead atoms. The van der Waals surface area contributed by atoms with Crippen molar-refractivity contribution in [3.05, 3.63) is 0 Å². The van der Waals surface area contributed by atoms with Gasteiger partial charge in [0.05, 0.1) is 0 Å². The second kappa shape index (κ2) is 9.18. The third-order valence-corrected chi connectivity index (χ3v) is 1.79. The minimum absolute atomic E-state index is 0.0557. The second-order valence-corrected chi connectivity index (χ2v) is 3.35. The molecule has 1 N–H and O–H groups in total. The molecule has 0 saturated carbocycles. The summed E-state index contributed by atoms with van der Waals surface area (Å²) in [5, 5.41) is 7.72. The van der Waals surface area contributed by atoms with Crippen LogP contribution >= 0.6 is 0 Å². The van der Waals surface area contributed by atoms with Gasteiger partial charge in [0, 0.05) is 12.8 Å². The van der Waals surface area contributed by atoms with E-state index in [-0.39, 0.29) is 12.8 Å². The predicted octanol–water partition coefficient (Wildman–Crippen LogP) is 3.90. The number of halogens is 5. The first-order valence-electron chi connectivity index (χ1n) is 5.20. The lowest BCUT2D eigenvalue weighted by Gasteiger charge is -2.19. The molecule has 0 saturated heterocycles. The molecule has 0 aromatic rings. The van der Waals surface area contributed by atoms with E-state index in [1.807, 2.05) is 0 Å². The summed E-state index contributed by atoms with van der Waals surface area (Å²) in [6, 6.07) is 0. The fourth-order valence-corrected chi connectivity index (χ4v) is 0.735. The molecule has 0 aromatic carbocycles. The first kappa shape index (κ1) is 18.5. The third-order valence-electron chi connectivity index (χ3n) is 1.79. The molecule has 1 unspecified atom stereocenters. The highest BCUT2D eigenvalue weighted by Gasteiger charge is 2.45. The van der Waals surface area contributed by atoms with E-state index in [0.717, 1.165) is 0 Å². The maximum atomic E-state index is 12.4. The molecule has 1 atom stereocenters. The summed E-state index contributed by atoms with van der Waals surface area (Å²) in [6.45, 7) is 3.23. The van der Waals surface area contributed by atoms with Gasteiger partial charge in [0.25, 0.3) is 12.3 Å². The van der Waals surface area contributed by atoms with Crippen molar-refractivity contribution in [2.24, 2.45) is 0 Å². The molecule has 0 aliphatic rings. The number of aliphatic carboxylic acids is 1. The van der Waals surface area contributed by atoms with Crippen molar-refractivity contribution in [3.8, 4) is 0 Å². The standard InChI is InChI=1S/C7H11F5.C3H6O2/c1-2-3-4-7(11,12)5(8)6(9)10;1-2-3(4)5/h5-6H,2-4H2,1H3;2H2,1H3,(H,4,5). The molecule has 0 amide bonds. The first-order valence-corrected chi connectivity index (χ1v) is 5.20. The van der Waals surface area contributed by atoms with Gasteiger partial charge in [0.1, 0.15) is 0 Å². The van der Waals surface area contributed by atoms with Gasteiger partial charge in [-0.3, -0.25) is 4.79 Å². The molecule has 104 valence electrons. The van der Waals surface area contributed by atoms with Crippen molar-refractivity contribution in [3.63, 3.8) is 0 Å². The number of hydrogen-bond acceptors (Lipinski definition) is 1. The Morgan fingerprint density at radius 2 is 1.65 bits per heavy atom. The van der Waals surface area contributed by atoms with Gasteiger partial charge in [-0.15, -0.1) is 0 Å². The lowest BCUT2D eigenvalue weighted by molar-refractivity contribution is -0.136. The summed E-state index contributed by atoms with van der Waals surface area (Å²) in [7, 11) is 0. The van der Waals surface area contributed by atoms with Crippen LogP contribution in [-0.4, -0.2) is 29.6 Å². The van der Waals surface area contributed by atoms with E-state index in [9.17, 15) is 26.7 Å². The van der Waals surface area contributed by atoms with Crippen LogP contribution in [0.3, 0.4) is 0 Å². The zero-order valence-electron chi connectivity index (χ0n) is 9.73. The monoisotopic (exact) mass is 264 g/mol. The van der Waals surface area contributed by atoms with E-state index in [0.29, 0.717) is 6.42 Å². The van der Waals surface area contributed by atoms with Crippen LogP contribution in [0.15, 0.2) is 0 Å². The first-order chi connectivity index (χ1) is 7.68. The van der Waals surface area contributed by atoms with Crippen LogP contribution < -0.4 is 0 Å². The minimum Gasteiger partial charge on any atom is -0.481 e. The molecule has 0 heterocycles. The van der Waals surface area contributed by atoms with Crippen molar-refractivity contribution in [2.45, 2.75) is 58.1 Å². The van der Waals surface area contributed by atoms with Crippen molar-refractivity contribution in [1.29, 1.82) is 0 Å². The van der Waals surface area contributed by atoms with E-state index in [2.05, 4.69) is 0 Å². The van der Waals surface area contributed by atoms with E-state index < -0.39 is 30.9 Å². The molecule has 0 spiro atoms. The lowest BCUT2D eigenvalue weighted by Crippen LogP contribution is -2.35. The predicted molar refractivity (Wildman–Crippen MR) is 53.3 cm³/mol. The van der Waals surface area contributed by atoms with E-state index in [1.165, 1.54) is 0 Å². The van der Waals surface area contributed by atoms with Crippen molar-refractivity contribution >= 4 is 5.97 Å². The summed E-state index contributed by atoms with van der Waals surface area (Å²) < 4.78 is 59.9. The highest BCUT2D eigenvalue weighted by Crippen LogP contribution is 2.31. The Hall–Kier alpha value is -0.880. The summed E-state index contributed by atoms with van der Waals surface area (Å²) in [5.74, 6) is -4.63. The van der Waals surface area contributed by atoms with Crippen LogP contribution in [0.2, 0.25) is 0 Å². The number of alkyl halides is 5. The van der Waals surface area contributed by atoms with Gasteiger partial charge in [0.15, 0.2) is 0 Å². The SMILES string of the molecule is CCC(=O)O.CCCCC(F)(F)C(F)C(F)F. The summed E-state index contributed by atoms with van der Waals surface area (Å²) in [5.41, 5.74) is 0. The zero-order chi connectivity index (χ0) is 14.1. The van der Waals surface area contributed by atoms with Gasteiger partial charge < -0.3 is 5.11 Å². The molecule has 2 nitrogen and oxygen atoms in total. The van der Waals surface area contributed by atoms with Gasteiger partial charge in [0.2, 0.25) is 6.17 Å². The average Bonchev–Trinajstić information content (AvgIpc) is 2.25. The smallest absolute Gasteiger partial charge is 0.303 e. The molecule has 0 aliphatic heterocycles. The normalized spacial score (nSPS) is 12.9. The largest absolute Gasteiger partial charge is 0.481 e. The lowest BCUT2D eigenvalue weighted by atomic mass is 10.1. The molecule has 0 fully saturated rings. The minimum atomic E-state index is -3.88. The van der Waals surface area contributed by atoms with E-state index >= 15 is 0 Å². The number of carbonyl (C=O) groups is 1. The van der Waals surface area contributed by atoms with Crippen LogP contribution in [0.1, 0.15) is 39.5 Å². The topological polar surface area (TPSA) is 37.3 Å². The van der Waals surface area contributed by atoms with Gasteiger partial charge >= 0.3 is 5.97 Å². The Kier molecular flexibility index (Phi) is 9.98. The maximum Gasteiger partial charge on any atom is 0.303 e. The number of carboxylic acids is 1. The van der Waals surface area contributed by atoms with Crippen LogP contribution in [0.25, 0.3) is 0 Å². The van der Waals surface area contributed by atoms with Gasteiger partial charge in [-0.2, -0.15) is 0 Å². The fourth-order valence-electron chi connectivity index (χ4n) is 0.735. The highest BCUT2D eigenvalue weighted by molar-refractivity contribution is 5.66. The average molecular weight is 264 g/mol. The number of hydrogen-bond donors (Lipinski definition) is 1. The molecular weight excluding hydrogens is 247 g/mol. The van der Waals surface area contributed by atoms with Gasteiger partial charge in [-0.05, 0) is 6.42 Å². The van der Waals surface area contributed by atoms with Crippen molar-refractivity contribution < 1.29 is 31.9 Å². The van der Waals surface area contributed by atoms with Gasteiger partial charge in [-0.1, -0.05) is 20.3 Å². The number of rotatable bonds is 6. The molecule has 17 heavy (non-hydrogen) atoms. The molecule has 0 aliphatic carbocycles. The molecule has 7 heteroatoms.